The Balaban J connectivity index is 1.48. The first kappa shape index (κ1) is 23.2. The van der Waals surface area contributed by atoms with E-state index in [2.05, 4.69) is 10.2 Å². The zero-order chi connectivity index (χ0) is 24.5. The molecular formula is C24H15F3N4O2S2. The van der Waals surface area contributed by atoms with Crippen LogP contribution in [0.3, 0.4) is 0 Å². The minimum absolute atomic E-state index is 0.00673. The van der Waals surface area contributed by atoms with Crippen molar-refractivity contribution in [2.24, 2.45) is 0 Å². The van der Waals surface area contributed by atoms with Gasteiger partial charge >= 0.3 is 0 Å². The average Bonchev–Trinajstić information content (AvgIpc) is 3.38. The highest BCUT2D eigenvalue weighted by molar-refractivity contribution is 7.99. The van der Waals surface area contributed by atoms with Crippen molar-refractivity contribution in [3.63, 3.8) is 0 Å². The first-order chi connectivity index (χ1) is 16.9. The fraction of sp³-hybridized carbons (Fsp3) is 0.0833. The summed E-state index contributed by atoms with van der Waals surface area (Å²) in [6.45, 7) is 0. The van der Waals surface area contributed by atoms with Gasteiger partial charge < -0.3 is 0 Å². The number of benzene rings is 3. The summed E-state index contributed by atoms with van der Waals surface area (Å²) < 4.78 is 40.6. The Morgan fingerprint density at radius 1 is 0.829 bits per heavy atom. The smallest absolute Gasteiger partial charge is 0.270 e. The van der Waals surface area contributed by atoms with Crippen molar-refractivity contribution < 1.29 is 22.8 Å². The Morgan fingerprint density at radius 3 is 2.06 bits per heavy atom. The molecule has 35 heavy (non-hydrogen) atoms. The fourth-order valence-electron chi connectivity index (χ4n) is 3.64. The van der Waals surface area contributed by atoms with Gasteiger partial charge in [0.15, 0.2) is 11.0 Å². The van der Waals surface area contributed by atoms with Crippen molar-refractivity contribution in [2.45, 2.75) is 15.8 Å². The molecule has 0 aliphatic carbocycles. The average molecular weight is 513 g/mol. The van der Waals surface area contributed by atoms with E-state index < -0.39 is 23.4 Å². The number of rotatable bonds is 7. The number of thioether (sulfide) groups is 2. The van der Waals surface area contributed by atoms with Crippen molar-refractivity contribution in [1.82, 2.24) is 19.7 Å². The normalized spacial score (nSPS) is 13.1. The van der Waals surface area contributed by atoms with Gasteiger partial charge in [-0.25, -0.2) is 4.39 Å². The van der Waals surface area contributed by atoms with Gasteiger partial charge in [0.1, 0.15) is 5.82 Å². The Hall–Kier alpha value is -3.57. The zero-order valence-corrected chi connectivity index (χ0v) is 19.4. The van der Waals surface area contributed by atoms with Crippen molar-refractivity contribution >= 4 is 35.3 Å². The number of carbonyl (C=O) groups excluding carboxylic acids is 2. The Kier molecular flexibility index (Phi) is 6.35. The van der Waals surface area contributed by atoms with Gasteiger partial charge in [0.25, 0.3) is 17.6 Å². The highest BCUT2D eigenvalue weighted by atomic mass is 32.2. The third-order valence-electron chi connectivity index (χ3n) is 5.26. The van der Waals surface area contributed by atoms with Crippen LogP contribution in [-0.2, 0) is 0 Å². The van der Waals surface area contributed by atoms with E-state index in [1.54, 1.807) is 65.2 Å². The van der Waals surface area contributed by atoms with E-state index in [4.69, 9.17) is 0 Å². The van der Waals surface area contributed by atoms with Crippen molar-refractivity contribution in [3.8, 4) is 17.1 Å². The number of halogens is 3. The summed E-state index contributed by atoms with van der Waals surface area (Å²) in [7, 11) is 0. The third kappa shape index (κ3) is 4.56. The standard InChI is InChI=1S/C24H15F3N4O2S2/c25-15-7-5-14(6-8-15)20-28-29-24(31(20)16-9-11-17(12-10-16)35-23(26)27)34-13-30-21(32)18-3-1-2-4-19(18)22(30)33/h1-12,23H,13H2. The predicted molar refractivity (Wildman–Crippen MR) is 126 cm³/mol. The molecular weight excluding hydrogens is 497 g/mol. The molecule has 4 aromatic rings. The maximum absolute atomic E-state index is 13.5. The molecule has 2 heterocycles. The van der Waals surface area contributed by atoms with Gasteiger partial charge in [-0.15, -0.1) is 10.2 Å². The summed E-state index contributed by atoms with van der Waals surface area (Å²) in [5.41, 5.74) is 1.85. The molecule has 0 radical (unpaired) electrons. The second-order valence-electron chi connectivity index (χ2n) is 7.38. The number of alkyl halides is 2. The zero-order valence-electron chi connectivity index (χ0n) is 17.8. The first-order valence-electron chi connectivity index (χ1n) is 10.3. The van der Waals surface area contributed by atoms with E-state index in [9.17, 15) is 22.8 Å². The Bertz CT molecular complexity index is 1370. The lowest BCUT2D eigenvalue weighted by atomic mass is 10.1. The number of aromatic nitrogens is 3. The number of fused-ring (bicyclic) bond motifs is 1. The second-order valence-corrected chi connectivity index (χ2v) is 9.35. The van der Waals surface area contributed by atoms with Gasteiger partial charge in [-0.3, -0.25) is 19.1 Å². The molecule has 5 rings (SSSR count). The van der Waals surface area contributed by atoms with Gasteiger partial charge in [0.2, 0.25) is 0 Å². The van der Waals surface area contributed by atoms with Crippen LogP contribution in [0.1, 0.15) is 20.7 Å². The molecule has 176 valence electrons. The van der Waals surface area contributed by atoms with Crippen molar-refractivity contribution in [2.75, 3.05) is 5.88 Å². The summed E-state index contributed by atoms with van der Waals surface area (Å²) >= 11 is 1.56. The molecule has 11 heteroatoms. The second kappa shape index (κ2) is 9.59. The van der Waals surface area contributed by atoms with Crippen LogP contribution in [0.25, 0.3) is 17.1 Å². The van der Waals surface area contributed by atoms with Crippen LogP contribution in [0.15, 0.2) is 82.8 Å². The van der Waals surface area contributed by atoms with E-state index in [1.807, 2.05) is 0 Å². The number of carbonyl (C=O) groups is 2. The molecule has 3 aromatic carbocycles. The molecule has 0 atom stereocenters. The summed E-state index contributed by atoms with van der Waals surface area (Å²) in [4.78, 5) is 27.0. The fourth-order valence-corrected chi connectivity index (χ4v) is 5.03. The Morgan fingerprint density at radius 2 is 1.46 bits per heavy atom. The molecule has 2 amide bonds. The van der Waals surface area contributed by atoms with Crippen LogP contribution < -0.4 is 0 Å². The highest BCUT2D eigenvalue weighted by Gasteiger charge is 2.35. The lowest BCUT2D eigenvalue weighted by Crippen LogP contribution is -2.29. The van der Waals surface area contributed by atoms with Crippen LogP contribution in [0.4, 0.5) is 13.2 Å². The van der Waals surface area contributed by atoms with Crippen LogP contribution >= 0.6 is 23.5 Å². The quantitative estimate of drug-likeness (QED) is 0.233. The molecule has 0 saturated heterocycles. The molecule has 0 unspecified atom stereocenters. The number of nitrogens with zero attached hydrogens (tertiary/aromatic N) is 4. The van der Waals surface area contributed by atoms with Crippen LogP contribution in [-0.4, -0.2) is 43.1 Å². The van der Waals surface area contributed by atoms with Gasteiger partial charge in [-0.05, 0) is 60.7 Å². The highest BCUT2D eigenvalue weighted by Crippen LogP contribution is 2.32. The van der Waals surface area contributed by atoms with Crippen LogP contribution in [0.2, 0.25) is 0 Å². The van der Waals surface area contributed by atoms with Crippen molar-refractivity contribution in [1.29, 1.82) is 0 Å². The van der Waals surface area contributed by atoms with Crippen molar-refractivity contribution in [3.05, 3.63) is 89.7 Å². The Labute approximate surface area is 206 Å². The SMILES string of the molecule is O=C1c2ccccc2C(=O)N1CSc1nnc(-c2ccc(F)cc2)n1-c1ccc(SC(F)F)cc1. The number of imide groups is 1. The monoisotopic (exact) mass is 512 g/mol. The van der Waals surface area contributed by atoms with Gasteiger partial charge in [-0.2, -0.15) is 8.78 Å². The van der Waals surface area contributed by atoms with E-state index in [-0.39, 0.29) is 5.88 Å². The van der Waals surface area contributed by atoms with Gasteiger partial charge in [0.05, 0.1) is 17.0 Å². The van der Waals surface area contributed by atoms with E-state index in [0.717, 1.165) is 16.7 Å². The largest absolute Gasteiger partial charge is 0.288 e. The van der Waals surface area contributed by atoms with Crippen LogP contribution in [0, 0.1) is 5.82 Å². The topological polar surface area (TPSA) is 68.1 Å². The van der Waals surface area contributed by atoms with Crippen LogP contribution in [0.5, 0.6) is 0 Å². The maximum atomic E-state index is 13.5. The molecule has 1 aliphatic rings. The molecule has 0 fully saturated rings. The summed E-state index contributed by atoms with van der Waals surface area (Å²) in [5.74, 6) is -3.35. The lowest BCUT2D eigenvalue weighted by Gasteiger charge is -2.15. The molecule has 6 nitrogen and oxygen atoms in total. The molecule has 0 bridgehead atoms. The minimum Gasteiger partial charge on any atom is -0.270 e. The molecule has 1 aromatic heterocycles. The summed E-state index contributed by atoms with van der Waals surface area (Å²) in [6, 6.07) is 18.7. The van der Waals surface area contributed by atoms with E-state index in [0.29, 0.717) is 50.0 Å². The third-order valence-corrected chi connectivity index (χ3v) is 6.89. The molecule has 1 aliphatic heterocycles. The lowest BCUT2D eigenvalue weighted by molar-refractivity contribution is 0.0684. The van der Waals surface area contributed by atoms with Gasteiger partial charge in [0, 0.05) is 16.1 Å². The number of amides is 2. The number of hydrogen-bond donors (Lipinski definition) is 0. The predicted octanol–water partition coefficient (Wildman–Crippen LogP) is 5.73. The summed E-state index contributed by atoms with van der Waals surface area (Å²) in [5, 5.41) is 8.84. The number of hydrogen-bond acceptors (Lipinski definition) is 6. The maximum Gasteiger partial charge on any atom is 0.288 e. The first-order valence-corrected chi connectivity index (χ1v) is 12.1. The molecule has 0 N–H and O–H groups in total. The summed E-state index contributed by atoms with van der Waals surface area (Å²) in [6.07, 6.45) is 0. The minimum atomic E-state index is -2.55. The van der Waals surface area contributed by atoms with Gasteiger partial charge in [-0.1, -0.05) is 35.7 Å². The van der Waals surface area contributed by atoms with E-state index in [1.165, 1.54) is 12.1 Å². The molecule has 0 spiro atoms. The van der Waals surface area contributed by atoms with E-state index >= 15 is 0 Å². The molecule has 0 saturated carbocycles.